The molecule has 0 saturated carbocycles. The monoisotopic (exact) mass is 253 g/mol. The Morgan fingerprint density at radius 3 is 2.67 bits per heavy atom. The number of rotatable bonds is 6. The van der Waals surface area contributed by atoms with Gasteiger partial charge in [0.1, 0.15) is 5.82 Å². The fraction of sp³-hybridized carbons (Fsp3) is 0.600. The lowest BCUT2D eigenvalue weighted by molar-refractivity contribution is 0.0594. The largest absolute Gasteiger partial charge is 0.389 e. The molecule has 0 heterocycles. The molecule has 0 aliphatic heterocycles. The third-order valence-electron chi connectivity index (χ3n) is 2.94. The Kier molecular flexibility index (Phi) is 5.29. The van der Waals surface area contributed by atoms with Crippen molar-refractivity contribution in [3.05, 3.63) is 35.1 Å². The SMILES string of the molecule is Cc1ccc(F)cc1CC(C)(O)CNCC(C)C. The predicted molar refractivity (Wildman–Crippen MR) is 73.2 cm³/mol. The topological polar surface area (TPSA) is 32.3 Å². The van der Waals surface area contributed by atoms with Gasteiger partial charge >= 0.3 is 0 Å². The first-order valence-corrected chi connectivity index (χ1v) is 6.48. The normalized spacial score (nSPS) is 14.8. The number of benzene rings is 1. The lowest BCUT2D eigenvalue weighted by Gasteiger charge is -2.25. The van der Waals surface area contributed by atoms with Crippen LogP contribution in [0.25, 0.3) is 0 Å². The molecule has 3 heteroatoms. The van der Waals surface area contributed by atoms with E-state index in [4.69, 9.17) is 0 Å². The zero-order valence-corrected chi connectivity index (χ0v) is 11.8. The third kappa shape index (κ3) is 5.15. The summed E-state index contributed by atoms with van der Waals surface area (Å²) in [5.41, 5.74) is 1.03. The molecule has 0 aliphatic rings. The molecule has 1 atom stereocenters. The second kappa shape index (κ2) is 6.30. The van der Waals surface area contributed by atoms with Gasteiger partial charge in [0.2, 0.25) is 0 Å². The smallest absolute Gasteiger partial charge is 0.123 e. The van der Waals surface area contributed by atoms with Crippen LogP contribution in [0.2, 0.25) is 0 Å². The van der Waals surface area contributed by atoms with Crippen LogP contribution in [0.15, 0.2) is 18.2 Å². The molecule has 1 aromatic carbocycles. The molecule has 2 N–H and O–H groups in total. The highest BCUT2D eigenvalue weighted by Gasteiger charge is 2.21. The minimum atomic E-state index is -0.854. The third-order valence-corrected chi connectivity index (χ3v) is 2.94. The van der Waals surface area contributed by atoms with E-state index in [-0.39, 0.29) is 5.82 Å². The van der Waals surface area contributed by atoms with E-state index in [0.717, 1.165) is 17.7 Å². The molecule has 0 aromatic heterocycles. The molecule has 1 unspecified atom stereocenters. The summed E-state index contributed by atoms with van der Waals surface area (Å²) in [5, 5.41) is 13.5. The standard InChI is InChI=1S/C15H24FNO/c1-11(2)9-17-10-15(4,18)8-13-7-14(16)6-5-12(13)3/h5-7,11,17-18H,8-10H2,1-4H3. The molecule has 2 nitrogen and oxygen atoms in total. The number of halogens is 1. The molecule has 0 saturated heterocycles. The van der Waals surface area contributed by atoms with Crippen LogP contribution in [-0.2, 0) is 6.42 Å². The first-order valence-electron chi connectivity index (χ1n) is 6.48. The molecule has 0 aliphatic carbocycles. The van der Waals surface area contributed by atoms with E-state index in [1.54, 1.807) is 13.0 Å². The second-order valence-corrected chi connectivity index (χ2v) is 5.77. The van der Waals surface area contributed by atoms with Gasteiger partial charge in [-0.1, -0.05) is 19.9 Å². The van der Waals surface area contributed by atoms with Gasteiger partial charge in [-0.3, -0.25) is 0 Å². The van der Waals surface area contributed by atoms with E-state index in [1.807, 2.05) is 6.92 Å². The highest BCUT2D eigenvalue weighted by atomic mass is 19.1. The Labute approximate surface area is 109 Å². The number of hydrogen-bond acceptors (Lipinski definition) is 2. The van der Waals surface area contributed by atoms with Crippen LogP contribution in [0.5, 0.6) is 0 Å². The van der Waals surface area contributed by atoms with Gasteiger partial charge in [0.25, 0.3) is 0 Å². The minimum absolute atomic E-state index is 0.249. The lowest BCUT2D eigenvalue weighted by atomic mass is 9.93. The number of aliphatic hydroxyl groups is 1. The fourth-order valence-electron chi connectivity index (χ4n) is 1.93. The van der Waals surface area contributed by atoms with E-state index in [9.17, 15) is 9.50 Å². The summed E-state index contributed by atoms with van der Waals surface area (Å²) in [4.78, 5) is 0. The molecule has 0 fully saturated rings. The summed E-state index contributed by atoms with van der Waals surface area (Å²) < 4.78 is 13.2. The lowest BCUT2D eigenvalue weighted by Crippen LogP contribution is -2.41. The highest BCUT2D eigenvalue weighted by molar-refractivity contribution is 5.28. The van der Waals surface area contributed by atoms with Gasteiger partial charge in [-0.05, 0) is 49.6 Å². The average Bonchev–Trinajstić information content (AvgIpc) is 2.22. The maximum Gasteiger partial charge on any atom is 0.123 e. The Balaban J connectivity index is 2.61. The molecule has 0 bridgehead atoms. The van der Waals surface area contributed by atoms with Gasteiger partial charge in [0.05, 0.1) is 5.60 Å². The zero-order valence-electron chi connectivity index (χ0n) is 11.8. The van der Waals surface area contributed by atoms with E-state index in [1.165, 1.54) is 12.1 Å². The molecule has 1 rings (SSSR count). The Hall–Kier alpha value is -0.930. The van der Waals surface area contributed by atoms with Crippen LogP contribution in [0.4, 0.5) is 4.39 Å². The molecule has 18 heavy (non-hydrogen) atoms. The summed E-state index contributed by atoms with van der Waals surface area (Å²) >= 11 is 0. The first-order chi connectivity index (χ1) is 8.30. The molecule has 0 amide bonds. The summed E-state index contributed by atoms with van der Waals surface area (Å²) in [6, 6.07) is 4.71. The van der Waals surface area contributed by atoms with Crippen LogP contribution < -0.4 is 5.32 Å². The van der Waals surface area contributed by atoms with Gasteiger partial charge in [0.15, 0.2) is 0 Å². The van der Waals surface area contributed by atoms with Gasteiger partial charge in [-0.25, -0.2) is 4.39 Å². The van der Waals surface area contributed by atoms with Crippen molar-refractivity contribution in [1.29, 1.82) is 0 Å². The van der Waals surface area contributed by atoms with Crippen LogP contribution in [-0.4, -0.2) is 23.8 Å². The van der Waals surface area contributed by atoms with Crippen molar-refractivity contribution in [2.24, 2.45) is 5.92 Å². The summed E-state index contributed by atoms with van der Waals surface area (Å²) in [6.07, 6.45) is 0.460. The zero-order chi connectivity index (χ0) is 13.8. The number of nitrogens with one attached hydrogen (secondary N) is 1. The van der Waals surface area contributed by atoms with Crippen LogP contribution in [0, 0.1) is 18.7 Å². The van der Waals surface area contributed by atoms with Crippen LogP contribution in [0.1, 0.15) is 31.9 Å². The van der Waals surface area contributed by atoms with Crippen molar-refractivity contribution in [1.82, 2.24) is 5.32 Å². The van der Waals surface area contributed by atoms with E-state index in [2.05, 4.69) is 19.2 Å². The molecular weight excluding hydrogens is 229 g/mol. The summed E-state index contributed by atoms with van der Waals surface area (Å²) in [7, 11) is 0. The maximum absolute atomic E-state index is 13.2. The van der Waals surface area contributed by atoms with Crippen molar-refractivity contribution in [3.63, 3.8) is 0 Å². The van der Waals surface area contributed by atoms with Gasteiger partial charge in [-0.15, -0.1) is 0 Å². The Morgan fingerprint density at radius 1 is 1.39 bits per heavy atom. The molecular formula is C15H24FNO. The predicted octanol–water partition coefficient (Wildman–Crippen LogP) is 2.67. The second-order valence-electron chi connectivity index (χ2n) is 5.77. The van der Waals surface area contributed by atoms with Gasteiger partial charge in [-0.2, -0.15) is 0 Å². The fourth-order valence-corrected chi connectivity index (χ4v) is 1.93. The van der Waals surface area contributed by atoms with Gasteiger partial charge < -0.3 is 10.4 Å². The number of aryl methyl sites for hydroxylation is 1. The molecule has 1 aromatic rings. The van der Waals surface area contributed by atoms with Crippen molar-refractivity contribution in [2.45, 2.75) is 39.7 Å². The van der Waals surface area contributed by atoms with Crippen LogP contribution >= 0.6 is 0 Å². The molecule has 0 spiro atoms. The first kappa shape index (κ1) is 15.1. The molecule has 0 radical (unpaired) electrons. The molecule has 102 valence electrons. The minimum Gasteiger partial charge on any atom is -0.389 e. The summed E-state index contributed by atoms with van der Waals surface area (Å²) in [5.74, 6) is 0.304. The van der Waals surface area contributed by atoms with E-state index >= 15 is 0 Å². The van der Waals surface area contributed by atoms with Crippen molar-refractivity contribution in [2.75, 3.05) is 13.1 Å². The highest BCUT2D eigenvalue weighted by Crippen LogP contribution is 2.17. The quantitative estimate of drug-likeness (QED) is 0.817. The van der Waals surface area contributed by atoms with Crippen molar-refractivity contribution >= 4 is 0 Å². The van der Waals surface area contributed by atoms with Crippen LogP contribution in [0.3, 0.4) is 0 Å². The Bertz CT molecular complexity index is 388. The van der Waals surface area contributed by atoms with E-state index < -0.39 is 5.60 Å². The average molecular weight is 253 g/mol. The van der Waals surface area contributed by atoms with Gasteiger partial charge in [0, 0.05) is 13.0 Å². The maximum atomic E-state index is 13.2. The Morgan fingerprint density at radius 2 is 2.06 bits per heavy atom. The summed E-state index contributed by atoms with van der Waals surface area (Å²) in [6.45, 7) is 9.35. The number of hydrogen-bond donors (Lipinski definition) is 2. The van der Waals surface area contributed by atoms with Crippen molar-refractivity contribution in [3.8, 4) is 0 Å². The van der Waals surface area contributed by atoms with E-state index in [0.29, 0.717) is 18.9 Å². The van der Waals surface area contributed by atoms with Crippen molar-refractivity contribution < 1.29 is 9.50 Å².